The lowest BCUT2D eigenvalue weighted by atomic mass is 10.1. The third-order valence-corrected chi connectivity index (χ3v) is 4.24. The molecule has 0 unspecified atom stereocenters. The summed E-state index contributed by atoms with van der Waals surface area (Å²) in [5.74, 6) is 1.28. The molecule has 0 saturated carbocycles. The van der Waals surface area contributed by atoms with Gasteiger partial charge in [0.2, 0.25) is 5.91 Å². The van der Waals surface area contributed by atoms with E-state index in [1.807, 2.05) is 54.3 Å². The van der Waals surface area contributed by atoms with Crippen LogP contribution in [0.2, 0.25) is 0 Å². The fourth-order valence-electron chi connectivity index (χ4n) is 2.89. The van der Waals surface area contributed by atoms with Crippen LogP contribution in [0, 0.1) is 0 Å². The van der Waals surface area contributed by atoms with Crippen LogP contribution < -0.4 is 4.90 Å². The van der Waals surface area contributed by atoms with Gasteiger partial charge in [-0.3, -0.25) is 4.79 Å². The van der Waals surface area contributed by atoms with Crippen molar-refractivity contribution in [3.8, 4) is 0 Å². The van der Waals surface area contributed by atoms with E-state index in [0.717, 1.165) is 17.0 Å². The largest absolute Gasteiger partial charge is 0.388 e. The van der Waals surface area contributed by atoms with Gasteiger partial charge in [-0.2, -0.15) is 0 Å². The maximum Gasteiger partial charge on any atom is 0.249 e. The zero-order valence-electron chi connectivity index (χ0n) is 14.3. The van der Waals surface area contributed by atoms with Gasteiger partial charge in [0.05, 0.1) is 0 Å². The average molecular weight is 338 g/mol. The molecule has 0 aliphatic carbocycles. The second-order valence-corrected chi connectivity index (χ2v) is 6.01. The number of carbonyl (C=O) groups excluding carboxylic acids is 1. The number of benzene rings is 1. The summed E-state index contributed by atoms with van der Waals surface area (Å²) in [5, 5.41) is 9.15. The standard InChI is InChI=1S/C19H22N4O2/c1-15(13-16-5-3-2-4-6-16)19(25)23-11-9-22(10-12-23)18-7-8-20-17(14-24)21-18/h2-8,13,24H,9-12,14H2,1H3/b15-13+. The van der Waals surface area contributed by atoms with Gasteiger partial charge in [0.25, 0.3) is 0 Å². The van der Waals surface area contributed by atoms with Crippen molar-refractivity contribution in [1.29, 1.82) is 0 Å². The van der Waals surface area contributed by atoms with Crippen molar-refractivity contribution in [1.82, 2.24) is 14.9 Å². The van der Waals surface area contributed by atoms with Crippen molar-refractivity contribution in [3.05, 3.63) is 59.6 Å². The molecule has 6 heteroatoms. The number of aliphatic hydroxyl groups is 1. The van der Waals surface area contributed by atoms with Gasteiger partial charge in [-0.1, -0.05) is 30.3 Å². The summed E-state index contributed by atoms with van der Waals surface area (Å²) in [6.45, 7) is 4.42. The number of carbonyl (C=O) groups is 1. The molecule has 2 aromatic rings. The first-order valence-corrected chi connectivity index (χ1v) is 8.38. The van der Waals surface area contributed by atoms with Crippen LogP contribution in [0.25, 0.3) is 6.08 Å². The number of piperazine rings is 1. The molecule has 1 fully saturated rings. The second kappa shape index (κ2) is 7.90. The zero-order chi connectivity index (χ0) is 17.6. The highest BCUT2D eigenvalue weighted by atomic mass is 16.3. The summed E-state index contributed by atoms with van der Waals surface area (Å²) < 4.78 is 0. The fourth-order valence-corrected chi connectivity index (χ4v) is 2.89. The Kier molecular flexibility index (Phi) is 5.40. The lowest BCUT2D eigenvalue weighted by Crippen LogP contribution is -2.49. The summed E-state index contributed by atoms with van der Waals surface area (Å²) >= 11 is 0. The minimum absolute atomic E-state index is 0.0715. The smallest absolute Gasteiger partial charge is 0.249 e. The van der Waals surface area contributed by atoms with Gasteiger partial charge in [-0.15, -0.1) is 0 Å². The maximum absolute atomic E-state index is 12.6. The minimum atomic E-state index is -0.171. The monoisotopic (exact) mass is 338 g/mol. The number of rotatable bonds is 4. The van der Waals surface area contributed by atoms with E-state index in [1.165, 1.54) is 0 Å². The van der Waals surface area contributed by atoms with Gasteiger partial charge in [0.1, 0.15) is 12.4 Å². The molecule has 0 spiro atoms. The highest BCUT2D eigenvalue weighted by Crippen LogP contribution is 2.15. The van der Waals surface area contributed by atoms with Crippen LogP contribution in [0.5, 0.6) is 0 Å². The first kappa shape index (κ1) is 17.1. The number of nitrogens with zero attached hydrogens (tertiary/aromatic N) is 4. The van der Waals surface area contributed by atoms with Crippen molar-refractivity contribution in [3.63, 3.8) is 0 Å². The Morgan fingerprint density at radius 3 is 2.56 bits per heavy atom. The molecule has 3 rings (SSSR count). The van der Waals surface area contributed by atoms with Crippen LogP contribution in [0.4, 0.5) is 5.82 Å². The average Bonchev–Trinajstić information content (AvgIpc) is 2.68. The van der Waals surface area contributed by atoms with Crippen molar-refractivity contribution >= 4 is 17.8 Å². The van der Waals surface area contributed by atoms with Crippen molar-refractivity contribution in [2.24, 2.45) is 0 Å². The number of aromatic nitrogens is 2. The molecule has 2 heterocycles. The molecule has 1 amide bonds. The van der Waals surface area contributed by atoms with Crippen molar-refractivity contribution < 1.29 is 9.90 Å². The zero-order valence-corrected chi connectivity index (χ0v) is 14.3. The summed E-state index contributed by atoms with van der Waals surface area (Å²) in [4.78, 5) is 24.9. The minimum Gasteiger partial charge on any atom is -0.388 e. The Labute approximate surface area is 147 Å². The maximum atomic E-state index is 12.6. The van der Waals surface area contributed by atoms with E-state index >= 15 is 0 Å². The number of amides is 1. The predicted molar refractivity (Wildman–Crippen MR) is 96.8 cm³/mol. The van der Waals surface area contributed by atoms with E-state index in [1.54, 1.807) is 6.20 Å². The molecular formula is C19H22N4O2. The molecule has 1 aliphatic heterocycles. The molecule has 1 N–H and O–H groups in total. The van der Waals surface area contributed by atoms with Crippen LogP contribution in [-0.2, 0) is 11.4 Å². The van der Waals surface area contributed by atoms with Crippen LogP contribution in [0.3, 0.4) is 0 Å². The molecule has 1 saturated heterocycles. The number of anilines is 1. The van der Waals surface area contributed by atoms with Crippen LogP contribution in [-0.4, -0.2) is 52.1 Å². The van der Waals surface area contributed by atoms with Crippen LogP contribution in [0.1, 0.15) is 18.3 Å². The predicted octanol–water partition coefficient (Wildman–Crippen LogP) is 1.72. The Morgan fingerprint density at radius 1 is 1.16 bits per heavy atom. The highest BCUT2D eigenvalue weighted by Gasteiger charge is 2.22. The van der Waals surface area contributed by atoms with Crippen molar-refractivity contribution in [2.45, 2.75) is 13.5 Å². The molecule has 1 aliphatic rings. The van der Waals surface area contributed by atoms with E-state index in [-0.39, 0.29) is 12.5 Å². The van der Waals surface area contributed by atoms with E-state index in [2.05, 4.69) is 14.9 Å². The first-order valence-electron chi connectivity index (χ1n) is 8.38. The van der Waals surface area contributed by atoms with E-state index in [4.69, 9.17) is 5.11 Å². The number of hydrogen-bond acceptors (Lipinski definition) is 5. The van der Waals surface area contributed by atoms with E-state index in [9.17, 15) is 4.79 Å². The number of hydrogen-bond donors (Lipinski definition) is 1. The Bertz CT molecular complexity index is 753. The molecule has 130 valence electrons. The Morgan fingerprint density at radius 2 is 1.88 bits per heavy atom. The lowest BCUT2D eigenvalue weighted by Gasteiger charge is -2.35. The molecule has 25 heavy (non-hydrogen) atoms. The number of aliphatic hydroxyl groups excluding tert-OH is 1. The van der Waals surface area contributed by atoms with E-state index < -0.39 is 0 Å². The first-order chi connectivity index (χ1) is 12.2. The molecule has 0 radical (unpaired) electrons. The summed E-state index contributed by atoms with van der Waals surface area (Å²) in [6.07, 6.45) is 3.57. The van der Waals surface area contributed by atoms with Crippen molar-refractivity contribution in [2.75, 3.05) is 31.1 Å². The third kappa shape index (κ3) is 4.22. The molecule has 6 nitrogen and oxygen atoms in total. The second-order valence-electron chi connectivity index (χ2n) is 6.01. The van der Waals surface area contributed by atoms with Gasteiger partial charge in [0, 0.05) is 37.9 Å². The van der Waals surface area contributed by atoms with Crippen LogP contribution >= 0.6 is 0 Å². The van der Waals surface area contributed by atoms with Gasteiger partial charge in [-0.05, 0) is 24.6 Å². The molecule has 1 aromatic carbocycles. The summed E-state index contributed by atoms with van der Waals surface area (Å²) in [6, 6.07) is 11.7. The summed E-state index contributed by atoms with van der Waals surface area (Å²) in [7, 11) is 0. The van der Waals surface area contributed by atoms with Gasteiger partial charge >= 0.3 is 0 Å². The topological polar surface area (TPSA) is 69.6 Å². The van der Waals surface area contributed by atoms with E-state index in [0.29, 0.717) is 32.0 Å². The molecule has 1 aromatic heterocycles. The molecule has 0 atom stereocenters. The van der Waals surface area contributed by atoms with Gasteiger partial charge in [-0.25, -0.2) is 9.97 Å². The Hall–Kier alpha value is -2.73. The normalized spacial score (nSPS) is 15.4. The quantitative estimate of drug-likeness (QED) is 0.860. The van der Waals surface area contributed by atoms with Gasteiger partial charge < -0.3 is 14.9 Å². The highest BCUT2D eigenvalue weighted by molar-refractivity contribution is 5.97. The van der Waals surface area contributed by atoms with Gasteiger partial charge in [0.15, 0.2) is 5.82 Å². The van der Waals surface area contributed by atoms with Crippen LogP contribution in [0.15, 0.2) is 48.2 Å². The third-order valence-electron chi connectivity index (χ3n) is 4.24. The Balaban J connectivity index is 1.61. The lowest BCUT2D eigenvalue weighted by molar-refractivity contribution is -0.127. The fraction of sp³-hybridized carbons (Fsp3) is 0.316. The molecule has 0 bridgehead atoms. The molecular weight excluding hydrogens is 316 g/mol. The summed E-state index contributed by atoms with van der Waals surface area (Å²) in [5.41, 5.74) is 1.77. The SMILES string of the molecule is C/C(=C\c1ccccc1)C(=O)N1CCN(c2ccnc(CO)n2)CC1.